The summed E-state index contributed by atoms with van der Waals surface area (Å²) >= 11 is 5.33. The average molecular weight is 386 g/mol. The molecule has 0 fully saturated rings. The summed E-state index contributed by atoms with van der Waals surface area (Å²) in [4.78, 5) is 14.1. The smallest absolute Gasteiger partial charge is 0.224 e. The van der Waals surface area contributed by atoms with Crippen molar-refractivity contribution in [3.05, 3.63) is 53.2 Å². The van der Waals surface area contributed by atoms with Gasteiger partial charge in [-0.15, -0.1) is 0 Å². The third-order valence-corrected chi connectivity index (χ3v) is 4.44. The fourth-order valence-electron chi connectivity index (χ4n) is 2.74. The topological polar surface area (TPSA) is 76.3 Å². The van der Waals surface area contributed by atoms with Gasteiger partial charge in [0.1, 0.15) is 11.5 Å². The highest BCUT2D eigenvalue weighted by molar-refractivity contribution is 7.71. The second-order valence-electron chi connectivity index (χ2n) is 6.04. The fraction of sp³-hybridized carbons (Fsp3) is 0.316. The lowest BCUT2D eigenvalue weighted by atomic mass is 10.2. The van der Waals surface area contributed by atoms with Gasteiger partial charge in [-0.2, -0.15) is 5.10 Å². The standard InChI is InChI=1S/C19H22N4O3S/c1-3-25-15-8-6-14(7-9-15)18-20-21-19(27)23(18)11-10-17(24)22(2)13-16-5-4-12-26-16/h4-9,12H,3,10-11,13H2,1-2H3,(H,21,27). The van der Waals surface area contributed by atoms with Crippen molar-refractivity contribution in [2.24, 2.45) is 0 Å². The molecule has 0 saturated carbocycles. The molecule has 0 aliphatic carbocycles. The molecule has 2 aromatic heterocycles. The average Bonchev–Trinajstić information content (AvgIpc) is 3.30. The first-order valence-electron chi connectivity index (χ1n) is 8.73. The lowest BCUT2D eigenvalue weighted by molar-refractivity contribution is -0.130. The Morgan fingerprint density at radius 2 is 2.11 bits per heavy atom. The lowest BCUT2D eigenvalue weighted by Crippen LogP contribution is -2.27. The van der Waals surface area contributed by atoms with Crippen molar-refractivity contribution in [2.45, 2.75) is 26.4 Å². The second kappa shape index (κ2) is 8.68. The van der Waals surface area contributed by atoms with Crippen LogP contribution in [0.5, 0.6) is 5.75 Å². The summed E-state index contributed by atoms with van der Waals surface area (Å²) in [5, 5.41) is 7.12. The van der Waals surface area contributed by atoms with Crippen molar-refractivity contribution in [1.82, 2.24) is 19.7 Å². The van der Waals surface area contributed by atoms with E-state index in [2.05, 4.69) is 10.2 Å². The van der Waals surface area contributed by atoms with Gasteiger partial charge in [0.2, 0.25) is 5.91 Å². The maximum Gasteiger partial charge on any atom is 0.224 e. The number of aromatic amines is 1. The van der Waals surface area contributed by atoms with Crippen molar-refractivity contribution in [2.75, 3.05) is 13.7 Å². The van der Waals surface area contributed by atoms with Gasteiger partial charge < -0.3 is 14.1 Å². The van der Waals surface area contributed by atoms with Crippen LogP contribution in [0.4, 0.5) is 0 Å². The van der Waals surface area contributed by atoms with Gasteiger partial charge in [-0.3, -0.25) is 14.5 Å². The number of ether oxygens (including phenoxy) is 1. The minimum Gasteiger partial charge on any atom is -0.494 e. The number of carbonyl (C=O) groups is 1. The number of benzene rings is 1. The number of furan rings is 1. The molecule has 27 heavy (non-hydrogen) atoms. The van der Waals surface area contributed by atoms with Gasteiger partial charge >= 0.3 is 0 Å². The van der Waals surface area contributed by atoms with Crippen LogP contribution in [0.3, 0.4) is 0 Å². The number of nitrogens with zero attached hydrogens (tertiary/aromatic N) is 3. The predicted octanol–water partition coefficient (Wildman–Crippen LogP) is 3.65. The molecular weight excluding hydrogens is 364 g/mol. The molecule has 0 radical (unpaired) electrons. The molecule has 3 rings (SSSR count). The van der Waals surface area contributed by atoms with E-state index in [4.69, 9.17) is 21.4 Å². The Kier molecular flexibility index (Phi) is 6.08. The predicted molar refractivity (Wildman–Crippen MR) is 104 cm³/mol. The highest BCUT2D eigenvalue weighted by Gasteiger charge is 2.14. The number of carbonyl (C=O) groups excluding carboxylic acids is 1. The molecule has 0 spiro atoms. The SMILES string of the molecule is CCOc1ccc(-c2n[nH]c(=S)n2CCC(=O)N(C)Cc2ccco2)cc1. The molecule has 3 aromatic rings. The van der Waals surface area contributed by atoms with Crippen LogP contribution in [0, 0.1) is 4.77 Å². The number of rotatable bonds is 8. The summed E-state index contributed by atoms with van der Waals surface area (Å²) in [5.74, 6) is 2.26. The van der Waals surface area contributed by atoms with Crippen LogP contribution < -0.4 is 4.74 Å². The molecule has 0 bridgehead atoms. The van der Waals surface area contributed by atoms with Crippen LogP contribution in [-0.4, -0.2) is 39.2 Å². The molecule has 7 nitrogen and oxygen atoms in total. The third-order valence-electron chi connectivity index (χ3n) is 4.13. The molecule has 1 aromatic carbocycles. The third kappa shape index (κ3) is 4.65. The summed E-state index contributed by atoms with van der Waals surface area (Å²) in [6.45, 7) is 3.44. The van der Waals surface area contributed by atoms with Crippen LogP contribution in [0.1, 0.15) is 19.1 Å². The van der Waals surface area contributed by atoms with E-state index >= 15 is 0 Å². The zero-order valence-corrected chi connectivity index (χ0v) is 16.2. The first kappa shape index (κ1) is 18.9. The summed E-state index contributed by atoms with van der Waals surface area (Å²) in [6, 6.07) is 11.3. The van der Waals surface area contributed by atoms with E-state index in [-0.39, 0.29) is 5.91 Å². The summed E-state index contributed by atoms with van der Waals surface area (Å²) in [5.41, 5.74) is 0.905. The van der Waals surface area contributed by atoms with Gasteiger partial charge in [0.15, 0.2) is 10.6 Å². The first-order valence-corrected chi connectivity index (χ1v) is 9.14. The molecular formula is C19H22N4O3S. The van der Waals surface area contributed by atoms with Crippen LogP contribution in [-0.2, 0) is 17.9 Å². The number of amides is 1. The Morgan fingerprint density at radius 3 is 2.78 bits per heavy atom. The molecule has 0 aliphatic heterocycles. The van der Waals surface area contributed by atoms with E-state index in [9.17, 15) is 4.79 Å². The van der Waals surface area contributed by atoms with E-state index in [1.807, 2.05) is 47.9 Å². The Morgan fingerprint density at radius 1 is 1.33 bits per heavy atom. The van der Waals surface area contributed by atoms with Gasteiger partial charge in [-0.1, -0.05) is 0 Å². The maximum atomic E-state index is 12.4. The Bertz CT molecular complexity index is 929. The van der Waals surface area contributed by atoms with E-state index < -0.39 is 0 Å². The summed E-state index contributed by atoms with van der Waals surface area (Å²) in [7, 11) is 1.76. The van der Waals surface area contributed by atoms with Gasteiger partial charge in [0.25, 0.3) is 0 Å². The second-order valence-corrected chi connectivity index (χ2v) is 6.43. The number of hydrogen-bond donors (Lipinski definition) is 1. The molecule has 8 heteroatoms. The van der Waals surface area contributed by atoms with Crippen LogP contribution in [0.15, 0.2) is 47.1 Å². The zero-order chi connectivity index (χ0) is 19.2. The Hall–Kier alpha value is -2.87. The van der Waals surface area contributed by atoms with Crippen molar-refractivity contribution < 1.29 is 13.9 Å². The largest absolute Gasteiger partial charge is 0.494 e. The number of aromatic nitrogens is 3. The van der Waals surface area contributed by atoms with Gasteiger partial charge in [0, 0.05) is 25.6 Å². The van der Waals surface area contributed by atoms with Crippen molar-refractivity contribution in [3.8, 4) is 17.1 Å². The quantitative estimate of drug-likeness (QED) is 0.598. The number of H-pyrrole nitrogens is 1. The van der Waals surface area contributed by atoms with E-state index in [1.165, 1.54) is 0 Å². The monoisotopic (exact) mass is 386 g/mol. The van der Waals surface area contributed by atoms with Crippen LogP contribution >= 0.6 is 12.2 Å². The van der Waals surface area contributed by atoms with E-state index in [1.54, 1.807) is 18.2 Å². The molecule has 0 atom stereocenters. The normalized spacial score (nSPS) is 10.7. The van der Waals surface area contributed by atoms with E-state index in [0.717, 1.165) is 17.1 Å². The molecule has 142 valence electrons. The van der Waals surface area contributed by atoms with Crippen molar-refractivity contribution >= 4 is 18.1 Å². The summed E-state index contributed by atoms with van der Waals surface area (Å²) < 4.78 is 13.1. The van der Waals surface area contributed by atoms with Crippen LogP contribution in [0.25, 0.3) is 11.4 Å². The Balaban J connectivity index is 1.67. The molecule has 1 N–H and O–H groups in total. The van der Waals surface area contributed by atoms with Gasteiger partial charge in [-0.05, 0) is 55.5 Å². The van der Waals surface area contributed by atoms with Gasteiger partial charge in [0.05, 0.1) is 19.4 Å². The van der Waals surface area contributed by atoms with Gasteiger partial charge in [-0.25, -0.2) is 0 Å². The first-order chi connectivity index (χ1) is 13.1. The molecule has 0 unspecified atom stereocenters. The summed E-state index contributed by atoms with van der Waals surface area (Å²) in [6.07, 6.45) is 1.91. The minimum atomic E-state index is 0.00661. The van der Waals surface area contributed by atoms with Crippen molar-refractivity contribution in [3.63, 3.8) is 0 Å². The van der Waals surface area contributed by atoms with Crippen LogP contribution in [0.2, 0.25) is 0 Å². The molecule has 0 saturated heterocycles. The highest BCUT2D eigenvalue weighted by Crippen LogP contribution is 2.21. The zero-order valence-electron chi connectivity index (χ0n) is 15.3. The molecule has 1 amide bonds. The molecule has 0 aliphatic rings. The van der Waals surface area contributed by atoms with E-state index in [0.29, 0.717) is 36.7 Å². The maximum absolute atomic E-state index is 12.4. The highest BCUT2D eigenvalue weighted by atomic mass is 32.1. The van der Waals surface area contributed by atoms with Crippen molar-refractivity contribution in [1.29, 1.82) is 0 Å². The number of hydrogen-bond acceptors (Lipinski definition) is 5. The Labute approximate surface area is 162 Å². The number of nitrogens with one attached hydrogen (secondary N) is 1. The minimum absolute atomic E-state index is 0.00661. The fourth-order valence-corrected chi connectivity index (χ4v) is 2.96. The molecule has 2 heterocycles. The lowest BCUT2D eigenvalue weighted by Gasteiger charge is -2.16.